The van der Waals surface area contributed by atoms with Crippen LogP contribution in [0.2, 0.25) is 0 Å². The second-order valence-corrected chi connectivity index (χ2v) is 7.88. The molecule has 0 aliphatic heterocycles. The molecule has 1 N–H and O–H groups in total. The van der Waals surface area contributed by atoms with Gasteiger partial charge in [-0.1, -0.05) is 18.7 Å². The Hall–Kier alpha value is -2.24. The molecule has 1 atom stereocenters. The second kappa shape index (κ2) is 7.64. The van der Waals surface area contributed by atoms with Crippen molar-refractivity contribution in [3.05, 3.63) is 47.7 Å². The summed E-state index contributed by atoms with van der Waals surface area (Å²) in [5, 5.41) is 2.36. The molecule has 28 heavy (non-hydrogen) atoms. The molecule has 0 heterocycles. The third-order valence-corrected chi connectivity index (χ3v) is 4.83. The summed E-state index contributed by atoms with van der Waals surface area (Å²) < 4.78 is 101. The van der Waals surface area contributed by atoms with Crippen LogP contribution in [-0.4, -0.2) is 19.8 Å². The van der Waals surface area contributed by atoms with Gasteiger partial charge in [0.2, 0.25) is 5.91 Å². The minimum Gasteiger partial charge on any atom is -0.380 e. The lowest BCUT2D eigenvalue weighted by Gasteiger charge is -2.27. The van der Waals surface area contributed by atoms with Crippen molar-refractivity contribution in [1.29, 1.82) is 0 Å². The number of benzene rings is 1. The number of hydrogen-bond donors (Lipinski definition) is 1. The van der Waals surface area contributed by atoms with Gasteiger partial charge in [0.15, 0.2) is 0 Å². The van der Waals surface area contributed by atoms with Crippen LogP contribution >= 0.6 is 0 Å². The molecule has 0 saturated heterocycles. The molecule has 1 rings (SSSR count). The van der Waals surface area contributed by atoms with Crippen molar-refractivity contribution in [3.63, 3.8) is 0 Å². The van der Waals surface area contributed by atoms with Gasteiger partial charge in [0, 0.05) is 0 Å². The SMILES string of the molecule is C=C(OS(=O)(=O)C(F)(F)F)C(C)(C)C(=O)N[C@@H](C)c1ccc(C(F)(F)F)cc1. The zero-order chi connectivity index (χ0) is 22.1. The average Bonchev–Trinajstić information content (AvgIpc) is 2.52. The van der Waals surface area contributed by atoms with Gasteiger partial charge >= 0.3 is 21.8 Å². The van der Waals surface area contributed by atoms with Crippen LogP contribution in [0, 0.1) is 5.41 Å². The van der Waals surface area contributed by atoms with Crippen molar-refractivity contribution in [2.24, 2.45) is 5.41 Å². The fourth-order valence-corrected chi connectivity index (χ4v) is 2.40. The molecule has 12 heteroatoms. The third kappa shape index (κ3) is 5.40. The topological polar surface area (TPSA) is 72.5 Å². The van der Waals surface area contributed by atoms with Gasteiger partial charge in [0.1, 0.15) is 11.2 Å². The first-order chi connectivity index (χ1) is 12.4. The summed E-state index contributed by atoms with van der Waals surface area (Å²) in [6.45, 7) is 6.66. The summed E-state index contributed by atoms with van der Waals surface area (Å²) >= 11 is 0. The molecule has 1 aromatic rings. The number of carbonyl (C=O) groups is 1. The molecule has 0 aliphatic rings. The molecule has 0 aromatic heterocycles. The highest BCUT2D eigenvalue weighted by molar-refractivity contribution is 7.87. The van der Waals surface area contributed by atoms with Crippen LogP contribution in [0.4, 0.5) is 26.3 Å². The molecule has 0 spiro atoms. The average molecular weight is 433 g/mol. The van der Waals surface area contributed by atoms with Gasteiger partial charge in [0.05, 0.1) is 11.6 Å². The first kappa shape index (κ1) is 23.8. The van der Waals surface area contributed by atoms with Gasteiger partial charge in [-0.25, -0.2) is 0 Å². The number of halogens is 6. The van der Waals surface area contributed by atoms with Crippen molar-refractivity contribution < 1.29 is 43.7 Å². The van der Waals surface area contributed by atoms with E-state index in [1.165, 1.54) is 6.92 Å². The normalized spacial score (nSPS) is 14.3. The summed E-state index contributed by atoms with van der Waals surface area (Å²) in [7, 11) is -6.00. The molecule has 0 fully saturated rings. The standard InChI is InChI=1S/C16H17F6NO4S/c1-9(11-5-7-12(8-6-11)15(17,18)19)23-13(24)14(3,4)10(2)27-28(25,26)16(20,21)22/h5-9H,2H2,1,3-4H3,(H,23,24)/t9-/m0/s1. The van der Waals surface area contributed by atoms with Gasteiger partial charge in [0.25, 0.3) is 0 Å². The van der Waals surface area contributed by atoms with Crippen LogP contribution in [-0.2, 0) is 25.3 Å². The molecule has 1 amide bonds. The van der Waals surface area contributed by atoms with Crippen LogP contribution in [0.1, 0.15) is 37.9 Å². The smallest absolute Gasteiger partial charge is 0.380 e. The van der Waals surface area contributed by atoms with E-state index in [4.69, 9.17) is 0 Å². The Labute approximate surface area is 157 Å². The maximum absolute atomic E-state index is 12.6. The molecule has 158 valence electrons. The van der Waals surface area contributed by atoms with Gasteiger partial charge in [-0.3, -0.25) is 4.79 Å². The van der Waals surface area contributed by atoms with Crippen molar-refractivity contribution in [2.45, 2.75) is 38.5 Å². The van der Waals surface area contributed by atoms with E-state index in [0.717, 1.165) is 38.1 Å². The Morgan fingerprint density at radius 1 is 1.07 bits per heavy atom. The highest BCUT2D eigenvalue weighted by Crippen LogP contribution is 2.34. The number of amides is 1. The largest absolute Gasteiger partial charge is 0.534 e. The van der Waals surface area contributed by atoms with Crippen molar-refractivity contribution in [3.8, 4) is 0 Å². The number of rotatable bonds is 6. The lowest BCUT2D eigenvalue weighted by molar-refractivity contribution is -0.137. The lowest BCUT2D eigenvalue weighted by atomic mass is 9.90. The molecule has 0 saturated carbocycles. The van der Waals surface area contributed by atoms with E-state index in [1.807, 2.05) is 0 Å². The molecule has 0 unspecified atom stereocenters. The minimum atomic E-state index is -6.00. The Bertz CT molecular complexity index is 841. The monoisotopic (exact) mass is 433 g/mol. The van der Waals surface area contributed by atoms with Crippen molar-refractivity contribution >= 4 is 16.0 Å². The van der Waals surface area contributed by atoms with Crippen molar-refractivity contribution in [1.82, 2.24) is 5.32 Å². The molecule has 0 bridgehead atoms. The quantitative estimate of drug-likeness (QED) is 0.315. The summed E-state index contributed by atoms with van der Waals surface area (Å²) in [4.78, 5) is 12.3. The van der Waals surface area contributed by atoms with E-state index in [2.05, 4.69) is 16.1 Å². The predicted octanol–water partition coefficient (Wildman–Crippen LogP) is 4.29. The van der Waals surface area contributed by atoms with Crippen LogP contribution in [0.25, 0.3) is 0 Å². The first-order valence-electron chi connectivity index (χ1n) is 7.58. The Kier molecular flexibility index (Phi) is 6.50. The van der Waals surface area contributed by atoms with E-state index >= 15 is 0 Å². The van der Waals surface area contributed by atoms with Crippen LogP contribution < -0.4 is 5.32 Å². The second-order valence-electron chi connectivity index (χ2n) is 6.35. The Morgan fingerprint density at radius 2 is 1.54 bits per heavy atom. The van der Waals surface area contributed by atoms with E-state index in [9.17, 15) is 39.6 Å². The third-order valence-electron chi connectivity index (χ3n) is 3.84. The Morgan fingerprint density at radius 3 is 1.93 bits per heavy atom. The number of alkyl halides is 6. The van der Waals surface area contributed by atoms with E-state index < -0.39 is 50.5 Å². The highest BCUT2D eigenvalue weighted by Gasteiger charge is 2.50. The van der Waals surface area contributed by atoms with E-state index in [0.29, 0.717) is 0 Å². The lowest BCUT2D eigenvalue weighted by Crippen LogP contribution is -2.41. The maximum Gasteiger partial charge on any atom is 0.534 e. The van der Waals surface area contributed by atoms with Crippen LogP contribution in [0.15, 0.2) is 36.6 Å². The van der Waals surface area contributed by atoms with Crippen molar-refractivity contribution in [2.75, 3.05) is 0 Å². The fraction of sp³-hybridized carbons (Fsp3) is 0.438. The zero-order valence-electron chi connectivity index (χ0n) is 14.9. The number of hydrogen-bond acceptors (Lipinski definition) is 4. The van der Waals surface area contributed by atoms with Gasteiger partial charge < -0.3 is 9.50 Å². The summed E-state index contributed by atoms with van der Waals surface area (Å²) in [5.41, 5.74) is -8.20. The molecule has 0 radical (unpaired) electrons. The van der Waals surface area contributed by atoms with Crippen LogP contribution in [0.5, 0.6) is 0 Å². The van der Waals surface area contributed by atoms with E-state index in [1.54, 1.807) is 0 Å². The van der Waals surface area contributed by atoms with Gasteiger partial charge in [-0.05, 0) is 38.5 Å². The number of nitrogens with one attached hydrogen (secondary N) is 1. The zero-order valence-corrected chi connectivity index (χ0v) is 15.7. The predicted molar refractivity (Wildman–Crippen MR) is 87.0 cm³/mol. The maximum atomic E-state index is 12.6. The summed E-state index contributed by atoms with van der Waals surface area (Å²) in [6, 6.07) is 3.03. The number of carbonyl (C=O) groups excluding carboxylic acids is 1. The Balaban J connectivity index is 2.91. The van der Waals surface area contributed by atoms with E-state index in [-0.39, 0.29) is 5.56 Å². The first-order valence-corrected chi connectivity index (χ1v) is 8.98. The molecule has 1 aromatic carbocycles. The van der Waals surface area contributed by atoms with Gasteiger partial charge in [-0.2, -0.15) is 34.8 Å². The fourth-order valence-electron chi connectivity index (χ4n) is 1.83. The summed E-state index contributed by atoms with van der Waals surface area (Å²) in [6.07, 6.45) is -4.54. The summed E-state index contributed by atoms with van der Waals surface area (Å²) in [5.74, 6) is -1.91. The van der Waals surface area contributed by atoms with Crippen LogP contribution in [0.3, 0.4) is 0 Å². The minimum absolute atomic E-state index is 0.284. The molecular weight excluding hydrogens is 416 g/mol. The molecular formula is C16H17F6NO4S. The molecule has 5 nitrogen and oxygen atoms in total. The molecule has 0 aliphatic carbocycles. The van der Waals surface area contributed by atoms with Gasteiger partial charge in [-0.15, -0.1) is 0 Å². The highest BCUT2D eigenvalue weighted by atomic mass is 32.2.